The summed E-state index contributed by atoms with van der Waals surface area (Å²) in [5.41, 5.74) is 5.99. The molecular weight excluding hydrogens is 206 g/mol. The van der Waals surface area contributed by atoms with Gasteiger partial charge in [-0.2, -0.15) is 0 Å². The molecule has 0 aromatic carbocycles. The highest BCUT2D eigenvalue weighted by Gasteiger charge is 2.25. The minimum absolute atomic E-state index is 0.0442. The number of hydrogen-bond acceptors (Lipinski definition) is 4. The zero-order valence-electron chi connectivity index (χ0n) is 10.2. The summed E-state index contributed by atoms with van der Waals surface area (Å²) in [7, 11) is 0. The molecule has 1 heterocycles. The molecule has 0 radical (unpaired) electrons. The average molecular weight is 227 g/mol. The predicted molar refractivity (Wildman–Crippen MR) is 68.3 cm³/mol. The minimum atomic E-state index is 0.0442. The molecule has 0 aliphatic rings. The van der Waals surface area contributed by atoms with Crippen LogP contribution in [0.1, 0.15) is 41.0 Å². The summed E-state index contributed by atoms with van der Waals surface area (Å²) in [5.74, 6) is 0. The largest absolute Gasteiger partial charge is 0.389 e. The molecule has 1 rings (SSSR count). The van der Waals surface area contributed by atoms with Gasteiger partial charge in [-0.15, -0.1) is 0 Å². The molecule has 0 saturated heterocycles. The molecule has 0 aliphatic carbocycles. The maximum absolute atomic E-state index is 5.64. The van der Waals surface area contributed by atoms with Gasteiger partial charge in [-0.25, -0.2) is 4.98 Å². The van der Waals surface area contributed by atoms with Crippen molar-refractivity contribution in [3.05, 3.63) is 6.20 Å². The predicted octanol–water partition coefficient (Wildman–Crippen LogP) is 3.35. The van der Waals surface area contributed by atoms with Gasteiger partial charge in [0.1, 0.15) is 5.00 Å². The highest BCUT2D eigenvalue weighted by atomic mass is 32.1. The fourth-order valence-electron chi connectivity index (χ4n) is 2.00. The van der Waals surface area contributed by atoms with Gasteiger partial charge in [0.15, 0.2) is 5.13 Å². The van der Waals surface area contributed by atoms with Crippen LogP contribution >= 0.6 is 11.3 Å². The van der Waals surface area contributed by atoms with Crippen molar-refractivity contribution in [2.24, 2.45) is 5.41 Å². The van der Waals surface area contributed by atoms with Crippen molar-refractivity contribution in [1.29, 1.82) is 0 Å². The van der Waals surface area contributed by atoms with Crippen molar-refractivity contribution in [3.63, 3.8) is 0 Å². The first-order valence-corrected chi connectivity index (χ1v) is 5.99. The second-order valence-electron chi connectivity index (χ2n) is 5.81. The monoisotopic (exact) mass is 227 g/mol. The second-order valence-corrected chi connectivity index (χ2v) is 6.88. The van der Waals surface area contributed by atoms with Crippen molar-refractivity contribution in [3.8, 4) is 0 Å². The van der Waals surface area contributed by atoms with E-state index in [1.807, 2.05) is 0 Å². The van der Waals surface area contributed by atoms with Crippen LogP contribution in [0.5, 0.6) is 0 Å². The Kier molecular flexibility index (Phi) is 3.28. The van der Waals surface area contributed by atoms with E-state index in [4.69, 9.17) is 5.73 Å². The van der Waals surface area contributed by atoms with E-state index in [0.717, 1.165) is 16.6 Å². The fourth-order valence-corrected chi connectivity index (χ4v) is 2.77. The van der Waals surface area contributed by atoms with Gasteiger partial charge in [0.05, 0.1) is 6.20 Å². The maximum atomic E-state index is 5.64. The van der Waals surface area contributed by atoms with E-state index in [2.05, 4.69) is 44.9 Å². The van der Waals surface area contributed by atoms with Crippen molar-refractivity contribution < 1.29 is 0 Å². The highest BCUT2D eigenvalue weighted by Crippen LogP contribution is 2.31. The Labute approximate surface area is 96.1 Å². The van der Waals surface area contributed by atoms with Gasteiger partial charge in [-0.1, -0.05) is 32.1 Å². The topological polar surface area (TPSA) is 50.9 Å². The Morgan fingerprint density at radius 3 is 2.33 bits per heavy atom. The van der Waals surface area contributed by atoms with Gasteiger partial charge in [0, 0.05) is 5.54 Å². The van der Waals surface area contributed by atoms with E-state index < -0.39 is 0 Å². The van der Waals surface area contributed by atoms with E-state index in [1.54, 1.807) is 6.20 Å². The lowest BCUT2D eigenvalue weighted by molar-refractivity contribution is 0.302. The molecule has 3 N–H and O–H groups in total. The Bertz CT molecular complexity index is 323. The van der Waals surface area contributed by atoms with Gasteiger partial charge in [-0.05, 0) is 25.7 Å². The van der Waals surface area contributed by atoms with E-state index in [-0.39, 0.29) is 5.54 Å². The lowest BCUT2D eigenvalue weighted by atomic mass is 9.82. The smallest absolute Gasteiger partial charge is 0.185 e. The number of nitrogen functional groups attached to an aromatic ring is 1. The van der Waals surface area contributed by atoms with Crippen molar-refractivity contribution in [2.75, 3.05) is 11.1 Å². The molecule has 0 spiro atoms. The van der Waals surface area contributed by atoms with Gasteiger partial charge in [0.2, 0.25) is 0 Å². The van der Waals surface area contributed by atoms with Crippen LogP contribution in [0.25, 0.3) is 0 Å². The summed E-state index contributed by atoms with van der Waals surface area (Å²) >= 11 is 1.50. The number of aromatic nitrogens is 1. The SMILES string of the molecule is CC(C)(C)CC(C)(C)Nc1ncc(N)s1. The van der Waals surface area contributed by atoms with Crippen LogP contribution < -0.4 is 11.1 Å². The third-order valence-electron chi connectivity index (χ3n) is 1.94. The van der Waals surface area contributed by atoms with E-state index in [1.165, 1.54) is 11.3 Å². The summed E-state index contributed by atoms with van der Waals surface area (Å²) in [6.45, 7) is 11.1. The molecule has 0 unspecified atom stereocenters. The van der Waals surface area contributed by atoms with Crippen molar-refractivity contribution in [2.45, 2.75) is 46.6 Å². The third-order valence-corrected chi connectivity index (χ3v) is 2.68. The Morgan fingerprint density at radius 2 is 1.93 bits per heavy atom. The fraction of sp³-hybridized carbons (Fsp3) is 0.727. The molecule has 86 valence electrons. The summed E-state index contributed by atoms with van der Waals surface area (Å²) in [6, 6.07) is 0. The first kappa shape index (κ1) is 12.3. The van der Waals surface area contributed by atoms with Gasteiger partial charge in [0.25, 0.3) is 0 Å². The molecule has 0 aliphatic heterocycles. The Hall–Kier alpha value is -0.770. The number of hydrogen-bond donors (Lipinski definition) is 2. The number of rotatable bonds is 3. The number of thiazole rings is 1. The zero-order chi connectivity index (χ0) is 11.7. The standard InChI is InChI=1S/C11H21N3S/c1-10(2,3)7-11(4,5)14-9-13-6-8(12)15-9/h6H,7,12H2,1-5H3,(H,13,14). The molecule has 0 amide bonds. The molecule has 1 aromatic rings. The summed E-state index contributed by atoms with van der Waals surface area (Å²) in [4.78, 5) is 4.21. The molecule has 15 heavy (non-hydrogen) atoms. The summed E-state index contributed by atoms with van der Waals surface area (Å²) < 4.78 is 0. The van der Waals surface area contributed by atoms with Crippen LogP contribution in [0.2, 0.25) is 0 Å². The zero-order valence-corrected chi connectivity index (χ0v) is 11.0. The van der Waals surface area contributed by atoms with E-state index in [9.17, 15) is 0 Å². The van der Waals surface area contributed by atoms with Crippen LogP contribution in [0.15, 0.2) is 6.20 Å². The van der Waals surface area contributed by atoms with Crippen LogP contribution in [0.3, 0.4) is 0 Å². The third kappa shape index (κ3) is 4.51. The molecular formula is C11H21N3S. The lowest BCUT2D eigenvalue weighted by Crippen LogP contribution is -2.35. The quantitative estimate of drug-likeness (QED) is 0.832. The van der Waals surface area contributed by atoms with Crippen LogP contribution in [0.4, 0.5) is 10.1 Å². The van der Waals surface area contributed by atoms with Gasteiger partial charge in [-0.3, -0.25) is 0 Å². The normalized spacial score (nSPS) is 12.9. The summed E-state index contributed by atoms with van der Waals surface area (Å²) in [6.07, 6.45) is 2.78. The average Bonchev–Trinajstić information content (AvgIpc) is 2.27. The molecule has 0 atom stereocenters. The molecule has 0 saturated carbocycles. The van der Waals surface area contributed by atoms with E-state index in [0.29, 0.717) is 5.41 Å². The molecule has 4 heteroatoms. The Balaban J connectivity index is 2.64. The van der Waals surface area contributed by atoms with Crippen molar-refractivity contribution in [1.82, 2.24) is 4.98 Å². The number of nitrogens with one attached hydrogen (secondary N) is 1. The van der Waals surface area contributed by atoms with E-state index >= 15 is 0 Å². The molecule has 1 aromatic heterocycles. The van der Waals surface area contributed by atoms with Crippen molar-refractivity contribution >= 4 is 21.5 Å². The lowest BCUT2D eigenvalue weighted by Gasteiger charge is -2.33. The van der Waals surface area contributed by atoms with Crippen LogP contribution in [-0.4, -0.2) is 10.5 Å². The van der Waals surface area contributed by atoms with Gasteiger partial charge < -0.3 is 11.1 Å². The summed E-state index contributed by atoms with van der Waals surface area (Å²) in [5, 5.41) is 5.08. The van der Waals surface area contributed by atoms with Crippen LogP contribution in [0, 0.1) is 5.41 Å². The number of nitrogens with two attached hydrogens (primary N) is 1. The minimum Gasteiger partial charge on any atom is -0.389 e. The number of anilines is 2. The highest BCUT2D eigenvalue weighted by molar-refractivity contribution is 7.19. The Morgan fingerprint density at radius 1 is 1.33 bits per heavy atom. The number of nitrogens with zero attached hydrogens (tertiary/aromatic N) is 1. The van der Waals surface area contributed by atoms with Gasteiger partial charge >= 0.3 is 0 Å². The second kappa shape index (κ2) is 4.00. The molecule has 0 fully saturated rings. The first-order valence-electron chi connectivity index (χ1n) is 5.17. The molecule has 3 nitrogen and oxygen atoms in total. The van der Waals surface area contributed by atoms with Crippen LogP contribution in [-0.2, 0) is 0 Å². The first-order chi connectivity index (χ1) is 6.68. The maximum Gasteiger partial charge on any atom is 0.185 e. The molecule has 0 bridgehead atoms.